The van der Waals surface area contributed by atoms with Crippen LogP contribution in [0.15, 0.2) is 71.1 Å². The molecule has 0 unspecified atom stereocenters. The van der Waals surface area contributed by atoms with Gasteiger partial charge in [0, 0.05) is 53.1 Å². The topological polar surface area (TPSA) is 154 Å². The van der Waals surface area contributed by atoms with Gasteiger partial charge in [0.15, 0.2) is 0 Å². The maximum Gasteiger partial charge on any atom is 0.255 e. The first-order valence-electron chi connectivity index (χ1n) is 13.5. The molecular formula is C32H25FN6O5S. The van der Waals surface area contributed by atoms with Crippen LogP contribution < -0.4 is 14.4 Å². The Labute approximate surface area is 256 Å². The molecule has 0 saturated carbocycles. The van der Waals surface area contributed by atoms with E-state index < -0.39 is 21.7 Å². The van der Waals surface area contributed by atoms with Crippen LogP contribution in [0.5, 0.6) is 5.88 Å². The number of carbonyl (C=O) groups is 1. The van der Waals surface area contributed by atoms with Crippen molar-refractivity contribution in [1.82, 2.24) is 20.5 Å². The predicted molar refractivity (Wildman–Crippen MR) is 168 cm³/mol. The highest BCUT2D eigenvalue weighted by Crippen LogP contribution is 2.44. The number of fused-ring (bicyclic) bond motifs is 2. The van der Waals surface area contributed by atoms with Crippen LogP contribution in [0.3, 0.4) is 0 Å². The quantitative estimate of drug-likeness (QED) is 0.237. The largest absolute Gasteiger partial charge is 0.479 e. The third-order valence-electron chi connectivity index (χ3n) is 7.51. The maximum absolute atomic E-state index is 13.7. The van der Waals surface area contributed by atoms with Crippen LogP contribution >= 0.6 is 0 Å². The number of halogens is 1. The molecule has 13 heteroatoms. The Bertz CT molecular complexity index is 2290. The van der Waals surface area contributed by atoms with E-state index in [0.717, 1.165) is 16.1 Å². The number of hydrogen-bond donors (Lipinski definition) is 2. The molecule has 0 aliphatic carbocycles. The highest BCUT2D eigenvalue weighted by atomic mass is 32.2. The Balaban J connectivity index is 1.65. The molecule has 3 aromatic heterocycles. The van der Waals surface area contributed by atoms with Gasteiger partial charge in [0.25, 0.3) is 5.91 Å². The lowest BCUT2D eigenvalue weighted by Gasteiger charge is -2.21. The lowest BCUT2D eigenvalue weighted by molar-refractivity contribution is 0.0964. The third-order valence-corrected chi connectivity index (χ3v) is 8.70. The van der Waals surface area contributed by atoms with Crippen molar-refractivity contribution < 1.29 is 26.8 Å². The molecule has 0 radical (unpaired) electrons. The second-order valence-electron chi connectivity index (χ2n) is 10.2. The molecule has 6 rings (SSSR count). The van der Waals surface area contributed by atoms with Gasteiger partial charge in [-0.3, -0.25) is 9.10 Å². The van der Waals surface area contributed by atoms with Crippen LogP contribution in [-0.4, -0.2) is 57.0 Å². The summed E-state index contributed by atoms with van der Waals surface area (Å²) < 4.78 is 52.2. The molecule has 0 aliphatic heterocycles. The summed E-state index contributed by atoms with van der Waals surface area (Å²) in [4.78, 5) is 16.5. The molecule has 6 aromatic rings. The number of H-pyrrole nitrogens is 1. The zero-order valence-corrected chi connectivity index (χ0v) is 25.3. The Kier molecular flexibility index (Phi) is 7.22. The number of carbonyl (C=O) groups excluding carboxylic acids is 1. The van der Waals surface area contributed by atoms with Crippen molar-refractivity contribution in [2.24, 2.45) is 0 Å². The normalized spacial score (nSPS) is 11.5. The van der Waals surface area contributed by atoms with Gasteiger partial charge < -0.3 is 19.5 Å². The summed E-state index contributed by atoms with van der Waals surface area (Å²) in [5, 5.41) is 21.9. The molecule has 0 aliphatic rings. The van der Waals surface area contributed by atoms with E-state index in [1.54, 1.807) is 30.3 Å². The number of amides is 1. The molecule has 0 atom stereocenters. The number of nitrogens with one attached hydrogen (secondary N) is 2. The van der Waals surface area contributed by atoms with Crippen molar-refractivity contribution in [3.63, 3.8) is 0 Å². The summed E-state index contributed by atoms with van der Waals surface area (Å²) in [7, 11) is 0.495. The summed E-state index contributed by atoms with van der Waals surface area (Å²) >= 11 is 0. The van der Waals surface area contributed by atoms with E-state index in [2.05, 4.69) is 26.6 Å². The first-order chi connectivity index (χ1) is 21.5. The second kappa shape index (κ2) is 11.1. The van der Waals surface area contributed by atoms with E-state index >= 15 is 0 Å². The highest BCUT2D eigenvalue weighted by Gasteiger charge is 2.27. The fourth-order valence-corrected chi connectivity index (χ4v) is 5.70. The van der Waals surface area contributed by atoms with E-state index in [1.165, 1.54) is 51.5 Å². The fourth-order valence-electron chi connectivity index (χ4n) is 5.19. The van der Waals surface area contributed by atoms with E-state index in [1.807, 2.05) is 6.07 Å². The molecule has 0 saturated heterocycles. The van der Waals surface area contributed by atoms with Crippen LogP contribution in [0.1, 0.15) is 15.9 Å². The average molecular weight is 625 g/mol. The van der Waals surface area contributed by atoms with Crippen molar-refractivity contribution >= 4 is 43.5 Å². The van der Waals surface area contributed by atoms with Gasteiger partial charge in [-0.2, -0.15) is 5.26 Å². The van der Waals surface area contributed by atoms with Crippen LogP contribution in [0, 0.1) is 17.1 Å². The van der Waals surface area contributed by atoms with Crippen LogP contribution in [-0.2, 0) is 10.0 Å². The van der Waals surface area contributed by atoms with Gasteiger partial charge in [-0.15, -0.1) is 10.2 Å². The molecule has 226 valence electrons. The van der Waals surface area contributed by atoms with Gasteiger partial charge >= 0.3 is 0 Å². The standard InChI is InChI=1S/C32H25FN6O5S/c1-35-31(40)29-23-12-21(27(39(2)45(4,41)42)15-28(23)44-30(29)17-8-10-19(33)11-9-17)22-14-26(37-38-32(22)43-3)25-13-20-18(16-34)6-5-7-24(20)36-25/h5-15,36H,1-4H3,(H,35,40). The van der Waals surface area contributed by atoms with Gasteiger partial charge in [-0.05, 0) is 54.6 Å². The van der Waals surface area contributed by atoms with Crippen molar-refractivity contribution in [3.05, 3.63) is 83.7 Å². The third kappa shape index (κ3) is 5.11. The van der Waals surface area contributed by atoms with Crippen molar-refractivity contribution in [1.29, 1.82) is 5.26 Å². The number of benzene rings is 3. The molecule has 3 heterocycles. The molecule has 0 bridgehead atoms. The Morgan fingerprint density at radius 3 is 2.49 bits per heavy atom. The lowest BCUT2D eigenvalue weighted by atomic mass is 9.98. The molecule has 3 aromatic carbocycles. The summed E-state index contributed by atoms with van der Waals surface area (Å²) in [6.45, 7) is 0. The first-order valence-corrected chi connectivity index (χ1v) is 15.4. The molecule has 0 fully saturated rings. The van der Waals surface area contributed by atoms with Gasteiger partial charge in [0.2, 0.25) is 15.9 Å². The average Bonchev–Trinajstić information content (AvgIpc) is 3.65. The van der Waals surface area contributed by atoms with E-state index in [0.29, 0.717) is 44.4 Å². The van der Waals surface area contributed by atoms with Crippen molar-refractivity contribution in [2.45, 2.75) is 0 Å². The minimum Gasteiger partial charge on any atom is -0.479 e. The lowest BCUT2D eigenvalue weighted by Crippen LogP contribution is -2.25. The molecular weight excluding hydrogens is 599 g/mol. The maximum atomic E-state index is 13.7. The summed E-state index contributed by atoms with van der Waals surface area (Å²) in [6.07, 6.45) is 1.06. The minimum absolute atomic E-state index is 0.0961. The monoisotopic (exact) mass is 624 g/mol. The minimum atomic E-state index is -3.79. The van der Waals surface area contributed by atoms with E-state index in [4.69, 9.17) is 9.15 Å². The number of methoxy groups -OCH3 is 1. The SMILES string of the molecule is CNC(=O)c1c(-c2ccc(F)cc2)oc2cc(N(C)S(C)(=O)=O)c(-c3cc(-c4cc5c(C#N)cccc5[nH]4)nnc3OC)cc12. The summed E-state index contributed by atoms with van der Waals surface area (Å²) in [5.41, 5.74) is 3.97. The number of anilines is 1. The Morgan fingerprint density at radius 1 is 1.07 bits per heavy atom. The molecule has 45 heavy (non-hydrogen) atoms. The van der Waals surface area contributed by atoms with Crippen molar-refractivity contribution in [2.75, 3.05) is 31.8 Å². The zero-order valence-electron chi connectivity index (χ0n) is 24.5. The van der Waals surface area contributed by atoms with Gasteiger partial charge in [-0.25, -0.2) is 12.8 Å². The molecule has 1 amide bonds. The Morgan fingerprint density at radius 2 is 1.82 bits per heavy atom. The number of furan rings is 1. The molecule has 0 spiro atoms. The summed E-state index contributed by atoms with van der Waals surface area (Å²) in [6, 6.07) is 19.6. The number of rotatable bonds is 7. The van der Waals surface area contributed by atoms with E-state index in [-0.39, 0.29) is 28.5 Å². The van der Waals surface area contributed by atoms with Crippen molar-refractivity contribution in [3.8, 4) is 45.8 Å². The van der Waals surface area contributed by atoms with Crippen LogP contribution in [0.2, 0.25) is 0 Å². The molecule has 11 nitrogen and oxygen atoms in total. The fraction of sp³-hybridized carbons (Fsp3) is 0.125. The van der Waals surface area contributed by atoms with Crippen LogP contribution in [0.25, 0.3) is 55.7 Å². The smallest absolute Gasteiger partial charge is 0.255 e. The molecule has 2 N–H and O–H groups in total. The Hall–Kier alpha value is -5.74. The van der Waals surface area contributed by atoms with Crippen LogP contribution in [0.4, 0.5) is 10.1 Å². The number of aromatic nitrogens is 3. The number of ether oxygens (including phenoxy) is 1. The number of nitriles is 1. The highest BCUT2D eigenvalue weighted by molar-refractivity contribution is 7.92. The summed E-state index contributed by atoms with van der Waals surface area (Å²) in [5.74, 6) is -0.641. The number of hydrogen-bond acceptors (Lipinski definition) is 8. The van der Waals surface area contributed by atoms with Gasteiger partial charge in [0.1, 0.15) is 22.9 Å². The second-order valence-corrected chi connectivity index (χ2v) is 12.2. The van der Waals surface area contributed by atoms with Gasteiger partial charge in [-0.1, -0.05) is 6.07 Å². The van der Waals surface area contributed by atoms with Gasteiger partial charge in [0.05, 0.1) is 41.9 Å². The zero-order chi connectivity index (χ0) is 32.0. The number of nitrogens with zero attached hydrogens (tertiary/aromatic N) is 4. The predicted octanol–water partition coefficient (Wildman–Crippen LogP) is 5.48. The van der Waals surface area contributed by atoms with E-state index in [9.17, 15) is 22.9 Å². The first kappa shape index (κ1) is 29.3. The number of sulfonamides is 1. The number of aromatic amines is 1.